The van der Waals surface area contributed by atoms with Crippen molar-refractivity contribution in [2.45, 2.75) is 50.7 Å². The van der Waals surface area contributed by atoms with Gasteiger partial charge in [0.25, 0.3) is 0 Å². The van der Waals surface area contributed by atoms with Crippen LogP contribution >= 0.6 is 0 Å². The van der Waals surface area contributed by atoms with Gasteiger partial charge in [-0.3, -0.25) is 9.58 Å². The molecule has 5 heteroatoms. The van der Waals surface area contributed by atoms with E-state index in [-0.39, 0.29) is 24.7 Å². The van der Waals surface area contributed by atoms with Gasteiger partial charge in [-0.1, -0.05) is 12.8 Å². The monoisotopic (exact) mass is 266 g/mol. The highest BCUT2D eigenvalue weighted by Crippen LogP contribution is 2.29. The third-order valence-corrected chi connectivity index (χ3v) is 4.06. The van der Waals surface area contributed by atoms with Crippen molar-refractivity contribution in [1.82, 2.24) is 14.7 Å². The van der Waals surface area contributed by atoms with Crippen molar-refractivity contribution in [2.75, 3.05) is 13.2 Å². The van der Waals surface area contributed by atoms with Crippen LogP contribution < -0.4 is 5.73 Å². The number of hydrogen-bond donors (Lipinski definition) is 2. The minimum absolute atomic E-state index is 0.0244. The highest BCUT2D eigenvalue weighted by atomic mass is 16.3. The number of aliphatic hydroxyl groups is 1. The van der Waals surface area contributed by atoms with Crippen LogP contribution in [0.2, 0.25) is 0 Å². The molecule has 1 fully saturated rings. The first-order valence-corrected chi connectivity index (χ1v) is 7.24. The number of likely N-dealkylation sites (tertiary alicyclic amines) is 1. The molecule has 2 heterocycles. The highest BCUT2D eigenvalue weighted by molar-refractivity contribution is 5.13. The van der Waals surface area contributed by atoms with Gasteiger partial charge < -0.3 is 10.8 Å². The first kappa shape index (κ1) is 14.5. The summed E-state index contributed by atoms with van der Waals surface area (Å²) >= 11 is 0. The van der Waals surface area contributed by atoms with Gasteiger partial charge in [0.15, 0.2) is 0 Å². The predicted octanol–water partition coefficient (Wildman–Crippen LogP) is 1.05. The molecule has 0 aromatic carbocycles. The molecule has 1 aliphatic rings. The molecule has 3 N–H and O–H groups in total. The number of nitrogens with two attached hydrogens (primary N) is 1. The summed E-state index contributed by atoms with van der Waals surface area (Å²) < 4.78 is 1.82. The molecule has 108 valence electrons. The zero-order chi connectivity index (χ0) is 13.8. The Morgan fingerprint density at radius 2 is 2.26 bits per heavy atom. The van der Waals surface area contributed by atoms with Crippen LogP contribution in [0.25, 0.3) is 0 Å². The molecule has 0 bridgehead atoms. The van der Waals surface area contributed by atoms with Gasteiger partial charge in [-0.25, -0.2) is 0 Å². The minimum Gasteiger partial charge on any atom is -0.395 e. The van der Waals surface area contributed by atoms with Gasteiger partial charge in [0.05, 0.1) is 18.8 Å². The number of rotatable bonds is 4. The van der Waals surface area contributed by atoms with Gasteiger partial charge in [0, 0.05) is 30.9 Å². The van der Waals surface area contributed by atoms with E-state index < -0.39 is 0 Å². The number of aliphatic hydroxyl groups excluding tert-OH is 1. The Kier molecular flexibility index (Phi) is 4.96. The van der Waals surface area contributed by atoms with Crippen LogP contribution in [0, 0.1) is 0 Å². The van der Waals surface area contributed by atoms with Crippen molar-refractivity contribution in [1.29, 1.82) is 0 Å². The van der Waals surface area contributed by atoms with E-state index in [1.54, 1.807) is 0 Å². The zero-order valence-corrected chi connectivity index (χ0v) is 12.0. The van der Waals surface area contributed by atoms with Crippen LogP contribution in [0.15, 0.2) is 12.4 Å². The van der Waals surface area contributed by atoms with E-state index in [1.165, 1.54) is 19.3 Å². The summed E-state index contributed by atoms with van der Waals surface area (Å²) in [4.78, 5) is 2.38. The molecule has 0 amide bonds. The van der Waals surface area contributed by atoms with Crippen LogP contribution in [0.3, 0.4) is 0 Å². The normalized spacial score (nSPS) is 24.9. The molecule has 1 aliphatic heterocycles. The van der Waals surface area contributed by atoms with E-state index in [2.05, 4.69) is 10.00 Å². The average molecular weight is 266 g/mol. The van der Waals surface area contributed by atoms with E-state index in [1.807, 2.05) is 31.0 Å². The lowest BCUT2D eigenvalue weighted by Crippen LogP contribution is -2.46. The summed E-state index contributed by atoms with van der Waals surface area (Å²) in [5.41, 5.74) is 7.37. The maximum Gasteiger partial charge on any atom is 0.0587 e. The molecule has 5 nitrogen and oxygen atoms in total. The molecule has 19 heavy (non-hydrogen) atoms. The third-order valence-electron chi connectivity index (χ3n) is 4.06. The van der Waals surface area contributed by atoms with E-state index in [9.17, 15) is 5.11 Å². The Balaban J connectivity index is 2.25. The lowest BCUT2D eigenvalue weighted by Gasteiger charge is -2.38. The van der Waals surface area contributed by atoms with Gasteiger partial charge >= 0.3 is 0 Å². The Bertz CT molecular complexity index is 391. The fraction of sp³-hybridized carbons (Fsp3) is 0.786. The van der Waals surface area contributed by atoms with Gasteiger partial charge in [0.2, 0.25) is 0 Å². The fourth-order valence-corrected chi connectivity index (χ4v) is 3.15. The SMILES string of the molecule is CC(N)C(c1cnn(C)c1)N1CCCCCC1CO. The van der Waals surface area contributed by atoms with Crippen molar-refractivity contribution in [3.05, 3.63) is 18.0 Å². The molecular formula is C14H26N4O. The predicted molar refractivity (Wildman–Crippen MR) is 75.6 cm³/mol. The first-order valence-electron chi connectivity index (χ1n) is 7.24. The van der Waals surface area contributed by atoms with Crippen LogP contribution in [-0.2, 0) is 7.05 Å². The summed E-state index contributed by atoms with van der Waals surface area (Å²) in [7, 11) is 1.92. The molecule has 3 unspecified atom stereocenters. The Labute approximate surface area is 115 Å². The van der Waals surface area contributed by atoms with Crippen LogP contribution in [0.5, 0.6) is 0 Å². The molecule has 2 rings (SSSR count). The van der Waals surface area contributed by atoms with Crippen LogP contribution in [-0.4, -0.2) is 45.0 Å². The maximum absolute atomic E-state index is 9.67. The van der Waals surface area contributed by atoms with Crippen molar-refractivity contribution in [3.8, 4) is 0 Å². The van der Waals surface area contributed by atoms with E-state index in [4.69, 9.17) is 5.73 Å². The first-order chi connectivity index (χ1) is 9.13. The van der Waals surface area contributed by atoms with E-state index in [0.29, 0.717) is 0 Å². The van der Waals surface area contributed by atoms with Gasteiger partial charge in [-0.2, -0.15) is 5.10 Å². The Morgan fingerprint density at radius 3 is 2.84 bits per heavy atom. The number of hydrogen-bond acceptors (Lipinski definition) is 4. The molecule has 0 saturated carbocycles. The largest absolute Gasteiger partial charge is 0.395 e. The minimum atomic E-state index is 0.0244. The van der Waals surface area contributed by atoms with Crippen LogP contribution in [0.1, 0.15) is 44.2 Å². The zero-order valence-electron chi connectivity index (χ0n) is 12.0. The fourth-order valence-electron chi connectivity index (χ4n) is 3.15. The lowest BCUT2D eigenvalue weighted by molar-refractivity contribution is 0.0746. The molecular weight excluding hydrogens is 240 g/mol. The summed E-state index contributed by atoms with van der Waals surface area (Å²) in [5.74, 6) is 0. The van der Waals surface area contributed by atoms with Crippen molar-refractivity contribution in [3.63, 3.8) is 0 Å². The Morgan fingerprint density at radius 1 is 1.47 bits per heavy atom. The second-order valence-electron chi connectivity index (χ2n) is 5.67. The number of aryl methyl sites for hydroxylation is 1. The number of aromatic nitrogens is 2. The standard InChI is InChI=1S/C14H26N4O/c1-11(15)14(12-8-16-17(2)9-12)18-7-5-3-4-6-13(18)10-19/h8-9,11,13-14,19H,3-7,10,15H2,1-2H3. The van der Waals surface area contributed by atoms with E-state index in [0.717, 1.165) is 18.5 Å². The van der Waals surface area contributed by atoms with Crippen molar-refractivity contribution >= 4 is 0 Å². The van der Waals surface area contributed by atoms with Crippen molar-refractivity contribution in [2.24, 2.45) is 12.8 Å². The molecule has 1 saturated heterocycles. The smallest absolute Gasteiger partial charge is 0.0587 e. The summed E-state index contributed by atoms with van der Waals surface area (Å²) in [5, 5.41) is 13.9. The molecule has 0 spiro atoms. The van der Waals surface area contributed by atoms with E-state index >= 15 is 0 Å². The second kappa shape index (κ2) is 6.50. The third kappa shape index (κ3) is 3.35. The lowest BCUT2D eigenvalue weighted by atomic mass is 9.99. The van der Waals surface area contributed by atoms with Gasteiger partial charge in [-0.15, -0.1) is 0 Å². The van der Waals surface area contributed by atoms with Gasteiger partial charge in [-0.05, 0) is 26.3 Å². The summed E-state index contributed by atoms with van der Waals surface area (Å²) in [6.45, 7) is 3.26. The van der Waals surface area contributed by atoms with Gasteiger partial charge in [0.1, 0.15) is 0 Å². The molecule has 0 aliphatic carbocycles. The van der Waals surface area contributed by atoms with Crippen LogP contribution in [0.4, 0.5) is 0 Å². The molecule has 0 radical (unpaired) electrons. The molecule has 3 atom stereocenters. The summed E-state index contributed by atoms with van der Waals surface area (Å²) in [6.07, 6.45) is 8.60. The highest BCUT2D eigenvalue weighted by Gasteiger charge is 2.31. The maximum atomic E-state index is 9.67. The average Bonchev–Trinajstić information content (AvgIpc) is 2.65. The Hall–Kier alpha value is -0.910. The quantitative estimate of drug-likeness (QED) is 0.854. The topological polar surface area (TPSA) is 67.3 Å². The molecule has 1 aromatic rings. The van der Waals surface area contributed by atoms with Crippen molar-refractivity contribution < 1.29 is 5.11 Å². The molecule has 1 aromatic heterocycles. The second-order valence-corrected chi connectivity index (χ2v) is 5.67. The number of nitrogens with zero attached hydrogens (tertiary/aromatic N) is 3. The summed E-state index contributed by atoms with van der Waals surface area (Å²) in [6, 6.07) is 0.388.